The number of aromatic nitrogens is 3. The van der Waals surface area contributed by atoms with Crippen molar-refractivity contribution in [1.29, 1.82) is 0 Å². The molecule has 5 nitrogen and oxygen atoms in total. The molecule has 1 aromatic carbocycles. The van der Waals surface area contributed by atoms with E-state index in [2.05, 4.69) is 10.1 Å². The average molecular weight is 269 g/mol. The number of nitrogens with two attached hydrogens (primary N) is 1. The SMILES string of the molecule is Cn1cnc(Oc2ccc(Cl)cc2C(N)=S)n1. The Morgan fingerprint density at radius 1 is 1.53 bits per heavy atom. The van der Waals surface area contributed by atoms with E-state index in [9.17, 15) is 0 Å². The van der Waals surface area contributed by atoms with Crippen LogP contribution in [0.25, 0.3) is 0 Å². The molecule has 0 spiro atoms. The number of nitrogens with zero attached hydrogens (tertiary/aromatic N) is 3. The maximum atomic E-state index is 5.86. The third-order valence-electron chi connectivity index (χ3n) is 1.99. The van der Waals surface area contributed by atoms with E-state index in [-0.39, 0.29) is 11.0 Å². The number of benzene rings is 1. The Morgan fingerprint density at radius 3 is 2.88 bits per heavy atom. The van der Waals surface area contributed by atoms with Crippen LogP contribution >= 0.6 is 23.8 Å². The molecule has 17 heavy (non-hydrogen) atoms. The lowest BCUT2D eigenvalue weighted by atomic mass is 10.2. The molecule has 0 amide bonds. The number of hydrogen-bond acceptors (Lipinski definition) is 4. The smallest absolute Gasteiger partial charge is 0.341 e. The zero-order valence-corrected chi connectivity index (χ0v) is 10.5. The molecular weight excluding hydrogens is 260 g/mol. The molecule has 0 radical (unpaired) electrons. The minimum atomic E-state index is 0.207. The van der Waals surface area contributed by atoms with Crippen LogP contribution in [0.2, 0.25) is 5.02 Å². The molecule has 1 heterocycles. The number of thiocarbonyl (C=S) groups is 1. The van der Waals surface area contributed by atoms with Gasteiger partial charge in [0.25, 0.3) is 0 Å². The molecule has 2 aromatic rings. The molecule has 0 bridgehead atoms. The third kappa shape index (κ3) is 2.72. The summed E-state index contributed by atoms with van der Waals surface area (Å²) in [6, 6.07) is 5.23. The Bertz CT molecular complexity index is 569. The zero-order chi connectivity index (χ0) is 12.4. The van der Waals surface area contributed by atoms with E-state index in [1.807, 2.05) is 0 Å². The Kier molecular flexibility index (Phi) is 3.26. The van der Waals surface area contributed by atoms with Gasteiger partial charge in [0.05, 0.1) is 5.56 Å². The minimum absolute atomic E-state index is 0.207. The van der Waals surface area contributed by atoms with E-state index >= 15 is 0 Å². The molecule has 2 rings (SSSR count). The molecule has 0 aliphatic rings. The van der Waals surface area contributed by atoms with Crippen LogP contribution in [0.4, 0.5) is 0 Å². The maximum Gasteiger partial charge on any atom is 0.341 e. The van der Waals surface area contributed by atoms with Crippen molar-refractivity contribution in [1.82, 2.24) is 14.8 Å². The van der Waals surface area contributed by atoms with Crippen molar-refractivity contribution in [2.45, 2.75) is 0 Å². The van der Waals surface area contributed by atoms with Crippen LogP contribution in [0.3, 0.4) is 0 Å². The second kappa shape index (κ2) is 4.68. The lowest BCUT2D eigenvalue weighted by Crippen LogP contribution is -2.10. The van der Waals surface area contributed by atoms with Gasteiger partial charge in [0.15, 0.2) is 0 Å². The highest BCUT2D eigenvalue weighted by Gasteiger charge is 2.10. The van der Waals surface area contributed by atoms with E-state index in [0.717, 1.165) is 0 Å². The summed E-state index contributed by atoms with van der Waals surface area (Å²) in [5.74, 6) is 0.480. The quantitative estimate of drug-likeness (QED) is 0.861. The number of halogens is 1. The van der Waals surface area contributed by atoms with Gasteiger partial charge in [-0.05, 0) is 18.2 Å². The van der Waals surface area contributed by atoms with Gasteiger partial charge in [0.2, 0.25) is 0 Å². The summed E-state index contributed by atoms with van der Waals surface area (Å²) in [5.41, 5.74) is 6.14. The normalized spacial score (nSPS) is 10.2. The molecule has 0 saturated carbocycles. The summed E-state index contributed by atoms with van der Waals surface area (Å²) >= 11 is 10.8. The Balaban J connectivity index is 2.35. The van der Waals surface area contributed by atoms with Crippen LogP contribution in [-0.2, 0) is 7.05 Å². The Labute approximate surface area is 108 Å². The van der Waals surface area contributed by atoms with E-state index in [4.69, 9.17) is 34.3 Å². The molecule has 1 aromatic heterocycles. The lowest BCUT2D eigenvalue weighted by Gasteiger charge is -2.07. The van der Waals surface area contributed by atoms with Gasteiger partial charge in [0, 0.05) is 12.1 Å². The molecule has 88 valence electrons. The predicted molar refractivity (Wildman–Crippen MR) is 68.4 cm³/mol. The van der Waals surface area contributed by atoms with Crippen molar-refractivity contribution >= 4 is 28.8 Å². The van der Waals surface area contributed by atoms with Gasteiger partial charge in [-0.2, -0.15) is 4.98 Å². The Morgan fingerprint density at radius 2 is 2.29 bits per heavy atom. The second-order valence-corrected chi connectivity index (χ2v) is 4.18. The van der Waals surface area contributed by atoms with Gasteiger partial charge < -0.3 is 10.5 Å². The molecular formula is C10H9ClN4OS. The van der Waals surface area contributed by atoms with Crippen molar-refractivity contribution in [3.63, 3.8) is 0 Å². The monoisotopic (exact) mass is 268 g/mol. The minimum Gasteiger partial charge on any atom is -0.422 e. The van der Waals surface area contributed by atoms with Gasteiger partial charge in [-0.3, -0.25) is 4.68 Å². The van der Waals surface area contributed by atoms with Crippen molar-refractivity contribution in [2.24, 2.45) is 12.8 Å². The summed E-state index contributed by atoms with van der Waals surface area (Å²) < 4.78 is 7.01. The van der Waals surface area contributed by atoms with E-state index in [1.54, 1.807) is 25.2 Å². The van der Waals surface area contributed by atoms with Crippen LogP contribution in [0.5, 0.6) is 11.8 Å². The van der Waals surface area contributed by atoms with Crippen molar-refractivity contribution in [2.75, 3.05) is 0 Å². The Hall–Kier alpha value is -1.66. The highest BCUT2D eigenvalue weighted by atomic mass is 35.5. The van der Waals surface area contributed by atoms with E-state index in [0.29, 0.717) is 16.3 Å². The first-order valence-corrected chi connectivity index (χ1v) is 5.48. The predicted octanol–water partition coefficient (Wildman–Crippen LogP) is 1.89. The summed E-state index contributed by atoms with van der Waals surface area (Å²) in [4.78, 5) is 4.15. The summed E-state index contributed by atoms with van der Waals surface area (Å²) in [6.07, 6.45) is 1.53. The van der Waals surface area contributed by atoms with Gasteiger partial charge in [-0.1, -0.05) is 23.8 Å². The average Bonchev–Trinajstić information content (AvgIpc) is 2.66. The molecule has 0 aliphatic heterocycles. The first-order chi connectivity index (χ1) is 8.06. The third-order valence-corrected chi connectivity index (χ3v) is 2.44. The second-order valence-electron chi connectivity index (χ2n) is 3.31. The van der Waals surface area contributed by atoms with Crippen LogP contribution in [0, 0.1) is 0 Å². The first kappa shape index (κ1) is 11.8. The highest BCUT2D eigenvalue weighted by Crippen LogP contribution is 2.25. The van der Waals surface area contributed by atoms with Gasteiger partial charge >= 0.3 is 6.01 Å². The fraction of sp³-hybridized carbons (Fsp3) is 0.100. The molecule has 0 aliphatic carbocycles. The van der Waals surface area contributed by atoms with E-state index in [1.165, 1.54) is 11.0 Å². The summed E-state index contributed by atoms with van der Waals surface area (Å²) in [7, 11) is 1.75. The van der Waals surface area contributed by atoms with Crippen molar-refractivity contribution in [3.8, 4) is 11.8 Å². The van der Waals surface area contributed by atoms with Gasteiger partial charge in [-0.15, -0.1) is 5.10 Å². The van der Waals surface area contributed by atoms with Gasteiger partial charge in [0.1, 0.15) is 17.1 Å². The van der Waals surface area contributed by atoms with Gasteiger partial charge in [-0.25, -0.2) is 0 Å². The molecule has 7 heteroatoms. The molecule has 0 atom stereocenters. The number of rotatable bonds is 3. The topological polar surface area (TPSA) is 66.0 Å². The van der Waals surface area contributed by atoms with Crippen LogP contribution < -0.4 is 10.5 Å². The van der Waals surface area contributed by atoms with Crippen LogP contribution in [0.15, 0.2) is 24.5 Å². The van der Waals surface area contributed by atoms with Crippen molar-refractivity contribution < 1.29 is 4.74 Å². The zero-order valence-electron chi connectivity index (χ0n) is 8.92. The standard InChI is InChI=1S/C10H9ClN4OS/c1-15-5-13-10(14-15)16-8-3-2-6(11)4-7(8)9(12)17/h2-5H,1H3,(H2,12,17). The fourth-order valence-corrected chi connectivity index (χ4v) is 1.58. The summed E-state index contributed by atoms with van der Waals surface area (Å²) in [5, 5.41) is 4.53. The lowest BCUT2D eigenvalue weighted by molar-refractivity contribution is 0.438. The molecule has 0 fully saturated rings. The highest BCUT2D eigenvalue weighted by molar-refractivity contribution is 7.80. The summed E-state index contributed by atoms with van der Waals surface area (Å²) in [6.45, 7) is 0. The van der Waals surface area contributed by atoms with Crippen molar-refractivity contribution in [3.05, 3.63) is 35.1 Å². The van der Waals surface area contributed by atoms with Crippen LogP contribution in [0.1, 0.15) is 5.56 Å². The van der Waals surface area contributed by atoms with Crippen LogP contribution in [-0.4, -0.2) is 19.8 Å². The number of ether oxygens (including phenoxy) is 1. The maximum absolute atomic E-state index is 5.86. The molecule has 0 saturated heterocycles. The molecule has 0 unspecified atom stereocenters. The number of hydrogen-bond donors (Lipinski definition) is 1. The van der Waals surface area contributed by atoms with E-state index < -0.39 is 0 Å². The number of aryl methyl sites for hydroxylation is 1. The fourth-order valence-electron chi connectivity index (χ4n) is 1.25. The largest absolute Gasteiger partial charge is 0.422 e. The first-order valence-electron chi connectivity index (χ1n) is 4.69. The molecule has 2 N–H and O–H groups in total.